The maximum atomic E-state index is 12.2. The lowest BCUT2D eigenvalue weighted by molar-refractivity contribution is -0.131. The van der Waals surface area contributed by atoms with Crippen molar-refractivity contribution >= 4 is 28.6 Å². The van der Waals surface area contributed by atoms with Crippen LogP contribution in [-0.2, 0) is 4.79 Å². The topological polar surface area (TPSA) is 75.6 Å². The van der Waals surface area contributed by atoms with Crippen molar-refractivity contribution in [3.05, 3.63) is 30.0 Å². The summed E-state index contributed by atoms with van der Waals surface area (Å²) in [5.74, 6) is 2.47. The highest BCUT2D eigenvalue weighted by Crippen LogP contribution is 2.32. The number of benzene rings is 1. The van der Waals surface area contributed by atoms with E-state index in [0.717, 1.165) is 86.6 Å². The van der Waals surface area contributed by atoms with Gasteiger partial charge in [0.2, 0.25) is 5.91 Å². The third-order valence-electron chi connectivity index (χ3n) is 6.00. The molecule has 1 aromatic heterocycles. The summed E-state index contributed by atoms with van der Waals surface area (Å²) >= 11 is 1.81. The van der Waals surface area contributed by atoms with Crippen LogP contribution in [0.15, 0.2) is 28.8 Å². The van der Waals surface area contributed by atoms with Gasteiger partial charge in [-0.15, -0.1) is 11.8 Å². The van der Waals surface area contributed by atoms with Gasteiger partial charge in [-0.2, -0.15) is 0 Å². The maximum Gasteiger partial charge on any atom is 0.240 e. The minimum atomic E-state index is -0.329. The predicted molar refractivity (Wildman–Crippen MR) is 113 cm³/mol. The molecule has 1 amide bonds. The molecule has 0 spiro atoms. The van der Waals surface area contributed by atoms with Crippen LogP contribution in [0.4, 0.5) is 0 Å². The van der Waals surface area contributed by atoms with Crippen LogP contribution in [0.5, 0.6) is 0 Å². The van der Waals surface area contributed by atoms with E-state index in [-0.39, 0.29) is 11.9 Å². The zero-order valence-electron chi connectivity index (χ0n) is 16.4. The fourth-order valence-electron chi connectivity index (χ4n) is 4.28. The van der Waals surface area contributed by atoms with Crippen molar-refractivity contribution in [2.75, 3.05) is 37.8 Å². The van der Waals surface area contributed by atoms with E-state index in [2.05, 4.69) is 22.2 Å². The van der Waals surface area contributed by atoms with Crippen molar-refractivity contribution in [3.63, 3.8) is 0 Å². The van der Waals surface area contributed by atoms with Crippen LogP contribution in [-0.4, -0.2) is 64.7 Å². The number of amides is 1. The quantitative estimate of drug-likeness (QED) is 0.718. The largest absolute Gasteiger partial charge is 0.356 e. The number of rotatable bonds is 7. The number of nitrogens with zero attached hydrogens (tertiary/aromatic N) is 3. The highest BCUT2D eigenvalue weighted by Gasteiger charge is 2.25. The second kappa shape index (κ2) is 9.29. The molecule has 2 fully saturated rings. The second-order valence-corrected chi connectivity index (χ2v) is 9.00. The van der Waals surface area contributed by atoms with Gasteiger partial charge in [-0.05, 0) is 57.5 Å². The third kappa shape index (κ3) is 4.53. The molecule has 0 aliphatic carbocycles. The molecule has 2 aliphatic heterocycles. The van der Waals surface area contributed by atoms with E-state index in [1.165, 1.54) is 0 Å². The fraction of sp³-hybridized carbons (Fsp3) is 0.619. The van der Waals surface area contributed by atoms with E-state index < -0.39 is 0 Å². The number of likely N-dealkylation sites (tertiary alicyclic amines) is 1. The molecule has 2 aliphatic rings. The van der Waals surface area contributed by atoms with Crippen LogP contribution in [0.3, 0.4) is 0 Å². The predicted octanol–water partition coefficient (Wildman–Crippen LogP) is 3.04. The molecule has 152 valence electrons. The normalized spacial score (nSPS) is 20.1. The van der Waals surface area contributed by atoms with E-state index in [9.17, 15) is 4.79 Å². The number of unbranched alkanes of at least 4 members (excludes halogenated alkanes) is 1. The summed E-state index contributed by atoms with van der Waals surface area (Å²) in [4.78, 5) is 16.7. The van der Waals surface area contributed by atoms with Gasteiger partial charge in [0.1, 0.15) is 0 Å². The lowest BCUT2D eigenvalue weighted by Gasteiger charge is -2.31. The Morgan fingerprint density at radius 1 is 1.25 bits per heavy atom. The fourth-order valence-corrected chi connectivity index (χ4v) is 5.23. The Morgan fingerprint density at radius 2 is 2.07 bits per heavy atom. The van der Waals surface area contributed by atoms with E-state index in [1.807, 2.05) is 28.8 Å². The van der Waals surface area contributed by atoms with Crippen LogP contribution in [0, 0.1) is 0 Å². The van der Waals surface area contributed by atoms with Crippen molar-refractivity contribution in [3.8, 4) is 0 Å². The molecule has 3 heterocycles. The first-order chi connectivity index (χ1) is 13.7. The molecule has 0 radical (unpaired) electrons. The summed E-state index contributed by atoms with van der Waals surface area (Å²) in [5.41, 5.74) is 8.12. The molecule has 2 aromatic rings. The average Bonchev–Trinajstić information content (AvgIpc) is 3.41. The Bertz CT molecular complexity index is 782. The summed E-state index contributed by atoms with van der Waals surface area (Å²) in [6, 6.07) is 7.81. The number of piperidine rings is 1. The van der Waals surface area contributed by atoms with Crippen LogP contribution < -0.4 is 5.73 Å². The van der Waals surface area contributed by atoms with E-state index in [4.69, 9.17) is 10.3 Å². The number of thioether (sulfide) groups is 1. The molecule has 6 nitrogen and oxygen atoms in total. The maximum absolute atomic E-state index is 12.2. The Hall–Kier alpha value is -1.57. The minimum absolute atomic E-state index is 0.130. The molecular formula is C21H30N4O2S. The van der Waals surface area contributed by atoms with E-state index in [1.54, 1.807) is 0 Å². The lowest BCUT2D eigenvalue weighted by atomic mass is 9.91. The Labute approximate surface area is 170 Å². The van der Waals surface area contributed by atoms with Crippen molar-refractivity contribution < 1.29 is 9.32 Å². The summed E-state index contributed by atoms with van der Waals surface area (Å²) in [6.45, 7) is 4.14. The number of aromatic nitrogens is 1. The molecule has 1 aromatic carbocycles. The van der Waals surface area contributed by atoms with Crippen LogP contribution in [0.25, 0.3) is 11.0 Å². The van der Waals surface area contributed by atoms with Gasteiger partial charge in [-0.3, -0.25) is 4.79 Å². The number of para-hydroxylation sites is 1. The molecule has 0 bridgehead atoms. The number of hydrogen-bond acceptors (Lipinski definition) is 6. The molecule has 0 unspecified atom stereocenters. The first-order valence-electron chi connectivity index (χ1n) is 10.4. The van der Waals surface area contributed by atoms with Gasteiger partial charge in [-0.1, -0.05) is 23.7 Å². The number of hydrogen-bond donors (Lipinski definition) is 1. The second-order valence-electron chi connectivity index (χ2n) is 7.92. The monoisotopic (exact) mass is 402 g/mol. The third-order valence-corrected chi connectivity index (χ3v) is 6.97. The van der Waals surface area contributed by atoms with E-state index >= 15 is 0 Å². The molecule has 2 saturated heterocycles. The Balaban J connectivity index is 1.16. The summed E-state index contributed by atoms with van der Waals surface area (Å²) < 4.78 is 5.48. The van der Waals surface area contributed by atoms with Gasteiger partial charge in [0.25, 0.3) is 0 Å². The molecule has 7 heteroatoms. The first kappa shape index (κ1) is 19.7. The van der Waals surface area contributed by atoms with Gasteiger partial charge in [-0.25, -0.2) is 0 Å². The van der Waals surface area contributed by atoms with Gasteiger partial charge in [0.15, 0.2) is 5.58 Å². The van der Waals surface area contributed by atoms with Gasteiger partial charge < -0.3 is 20.1 Å². The number of fused-ring (bicyclic) bond motifs is 1. The molecule has 1 atom stereocenters. The van der Waals surface area contributed by atoms with Gasteiger partial charge >= 0.3 is 0 Å². The van der Waals surface area contributed by atoms with Crippen molar-refractivity contribution in [2.24, 2.45) is 5.73 Å². The summed E-state index contributed by atoms with van der Waals surface area (Å²) in [5, 5.41) is 5.51. The standard InChI is InChI=1S/C21H30N4O2S/c22-18(21(26)25-13-14-28-15-25)6-3-4-10-24-11-8-16(9-12-24)20-17-5-1-2-7-19(17)27-23-20/h1-2,5,7,16,18H,3-4,6,8-15,22H2/t18-/m0/s1. The van der Waals surface area contributed by atoms with Crippen molar-refractivity contribution in [1.82, 2.24) is 15.0 Å². The number of carbonyl (C=O) groups is 1. The van der Waals surface area contributed by atoms with Crippen LogP contribution in [0.1, 0.15) is 43.7 Å². The average molecular weight is 403 g/mol. The van der Waals surface area contributed by atoms with Crippen LogP contribution >= 0.6 is 11.8 Å². The number of carbonyl (C=O) groups excluding carboxylic acids is 1. The lowest BCUT2D eigenvalue weighted by Crippen LogP contribution is -2.42. The van der Waals surface area contributed by atoms with Gasteiger partial charge in [0.05, 0.1) is 17.6 Å². The first-order valence-corrected chi connectivity index (χ1v) is 11.6. The number of nitrogens with two attached hydrogens (primary N) is 1. The smallest absolute Gasteiger partial charge is 0.240 e. The zero-order valence-corrected chi connectivity index (χ0v) is 17.2. The highest BCUT2D eigenvalue weighted by atomic mass is 32.2. The van der Waals surface area contributed by atoms with Crippen molar-refractivity contribution in [2.45, 2.75) is 44.1 Å². The highest BCUT2D eigenvalue weighted by molar-refractivity contribution is 7.99. The molecule has 2 N–H and O–H groups in total. The molecular weight excluding hydrogens is 372 g/mol. The summed E-state index contributed by atoms with van der Waals surface area (Å²) in [7, 11) is 0. The van der Waals surface area contributed by atoms with Crippen LogP contribution in [0.2, 0.25) is 0 Å². The minimum Gasteiger partial charge on any atom is -0.356 e. The van der Waals surface area contributed by atoms with Gasteiger partial charge in [0, 0.05) is 23.6 Å². The SMILES string of the molecule is N[C@@H](CCCCN1CCC(c2noc3ccccc23)CC1)C(=O)N1CCSC1. The molecule has 4 rings (SSSR count). The Morgan fingerprint density at radius 3 is 2.86 bits per heavy atom. The zero-order chi connectivity index (χ0) is 19.3. The summed E-state index contributed by atoms with van der Waals surface area (Å²) in [6.07, 6.45) is 5.17. The van der Waals surface area contributed by atoms with E-state index in [0.29, 0.717) is 5.92 Å². The molecule has 28 heavy (non-hydrogen) atoms. The van der Waals surface area contributed by atoms with Crippen molar-refractivity contribution in [1.29, 1.82) is 0 Å². The Kier molecular flexibility index (Phi) is 6.54. The molecule has 0 saturated carbocycles.